The molecule has 1 aliphatic heterocycles. The number of aliphatic hydroxyl groups is 1. The van der Waals surface area contributed by atoms with Gasteiger partial charge in [-0.05, 0) is 88.1 Å². The molecule has 2 heterocycles. The summed E-state index contributed by atoms with van der Waals surface area (Å²) in [5.74, 6) is -0.440. The molecule has 9 heteroatoms. The molecule has 7 nitrogen and oxygen atoms in total. The van der Waals surface area contributed by atoms with Crippen molar-refractivity contribution < 1.29 is 19.4 Å². The van der Waals surface area contributed by atoms with Crippen LogP contribution < -0.4 is 4.90 Å². The van der Waals surface area contributed by atoms with Gasteiger partial charge in [0, 0.05) is 51.1 Å². The summed E-state index contributed by atoms with van der Waals surface area (Å²) in [7, 11) is 1.71. The zero-order valence-electron chi connectivity index (χ0n) is 25.1. The topological polar surface area (TPSA) is 75.1 Å². The molecular weight excluding hydrogens is 573 g/mol. The molecule has 0 saturated carbocycles. The van der Waals surface area contributed by atoms with E-state index in [2.05, 4.69) is 33.0 Å². The van der Waals surface area contributed by atoms with Gasteiger partial charge in [-0.2, -0.15) is 0 Å². The maximum atomic E-state index is 12.4. The van der Waals surface area contributed by atoms with E-state index in [1.54, 1.807) is 26.2 Å². The number of aryl methyl sites for hydroxylation is 1. The molecule has 2 atom stereocenters. The monoisotopic (exact) mass is 613 g/mol. The van der Waals surface area contributed by atoms with Crippen LogP contribution in [0.4, 0.5) is 5.69 Å². The molecule has 226 valence electrons. The van der Waals surface area contributed by atoms with Gasteiger partial charge < -0.3 is 19.5 Å². The Bertz CT molecular complexity index is 1340. The number of piperazine rings is 1. The minimum absolute atomic E-state index is 0.00818. The van der Waals surface area contributed by atoms with E-state index in [0.29, 0.717) is 36.0 Å². The number of benzene rings is 2. The van der Waals surface area contributed by atoms with Gasteiger partial charge in [-0.25, -0.2) is 4.79 Å². The number of hydrogen-bond acceptors (Lipinski definition) is 7. The van der Waals surface area contributed by atoms with Crippen molar-refractivity contribution in [2.75, 3.05) is 44.8 Å². The number of pyridine rings is 1. The van der Waals surface area contributed by atoms with E-state index in [1.165, 1.54) is 11.8 Å². The molecule has 0 unspecified atom stereocenters. The zero-order valence-corrected chi connectivity index (χ0v) is 26.6. The molecule has 0 bridgehead atoms. The number of nitrogens with zero attached hydrogens (tertiary/aromatic N) is 3. The maximum absolute atomic E-state index is 12.4. The van der Waals surface area contributed by atoms with E-state index < -0.39 is 17.2 Å². The number of β-amino-alcohol motifs (C(OH)–C–C–N with tert-alkyl or cyclic N) is 1. The Morgan fingerprint density at radius 1 is 1.05 bits per heavy atom. The van der Waals surface area contributed by atoms with Crippen LogP contribution in [0.1, 0.15) is 67.3 Å². The minimum atomic E-state index is -1.24. The van der Waals surface area contributed by atoms with Gasteiger partial charge in [-0.1, -0.05) is 41.4 Å². The predicted molar refractivity (Wildman–Crippen MR) is 169 cm³/mol. The number of anilines is 1. The number of esters is 1. The van der Waals surface area contributed by atoms with Crippen LogP contribution in [0.3, 0.4) is 0 Å². The van der Waals surface area contributed by atoms with E-state index in [1.807, 2.05) is 45.0 Å². The molecule has 3 aromatic rings. The van der Waals surface area contributed by atoms with E-state index >= 15 is 0 Å². The smallest absolute Gasteiger partial charge is 0.340 e. The van der Waals surface area contributed by atoms with Crippen molar-refractivity contribution in [1.82, 2.24) is 9.88 Å². The second-order valence-corrected chi connectivity index (χ2v) is 12.9. The van der Waals surface area contributed by atoms with Crippen molar-refractivity contribution >= 4 is 34.9 Å². The van der Waals surface area contributed by atoms with Crippen LogP contribution in [0.2, 0.25) is 10.0 Å². The summed E-state index contributed by atoms with van der Waals surface area (Å²) in [4.78, 5) is 21.4. The highest BCUT2D eigenvalue weighted by Crippen LogP contribution is 2.37. The Morgan fingerprint density at radius 2 is 1.79 bits per heavy atom. The first-order chi connectivity index (χ1) is 19.9. The standard InChI is InChI=1S/C33H41Cl2N3O4/c1-32(2,3)42-31(39)25-11-15-30(36-20-25)33(4,40)22-37-16-17-38(29(21-37)24-9-12-26(34)13-10-24)28-14-8-23(19-27(28)35)7-6-18-41-5/h8-15,19-20,29,40H,6-7,16-18,21-22H2,1-5H3/t29-,33+/m0/s1. The first kappa shape index (κ1) is 32.2. The quantitative estimate of drug-likeness (QED) is 0.201. The molecule has 1 saturated heterocycles. The number of carbonyl (C=O) groups is 1. The van der Waals surface area contributed by atoms with Gasteiger partial charge in [-0.3, -0.25) is 9.88 Å². The first-order valence-corrected chi connectivity index (χ1v) is 15.1. The lowest BCUT2D eigenvalue weighted by Crippen LogP contribution is -2.52. The molecule has 0 aliphatic carbocycles. The molecule has 1 aliphatic rings. The molecule has 0 spiro atoms. The van der Waals surface area contributed by atoms with Crippen molar-refractivity contribution in [3.8, 4) is 0 Å². The number of ether oxygens (including phenoxy) is 2. The Morgan fingerprint density at radius 3 is 2.40 bits per heavy atom. The van der Waals surface area contributed by atoms with Gasteiger partial charge in [0.2, 0.25) is 0 Å². The minimum Gasteiger partial charge on any atom is -0.456 e. The Balaban J connectivity index is 1.52. The third-order valence-corrected chi connectivity index (χ3v) is 7.89. The normalized spacial score (nSPS) is 17.6. The highest BCUT2D eigenvalue weighted by Gasteiger charge is 2.35. The molecule has 0 radical (unpaired) electrons. The van der Waals surface area contributed by atoms with Crippen molar-refractivity contribution in [2.45, 2.75) is 57.8 Å². The zero-order chi connectivity index (χ0) is 30.5. The first-order valence-electron chi connectivity index (χ1n) is 14.3. The van der Waals surface area contributed by atoms with Crippen LogP contribution in [0, 0.1) is 0 Å². The lowest BCUT2D eigenvalue weighted by atomic mass is 9.96. The fourth-order valence-electron chi connectivity index (χ4n) is 5.29. The Kier molecular flexibility index (Phi) is 10.5. The highest BCUT2D eigenvalue weighted by atomic mass is 35.5. The van der Waals surface area contributed by atoms with Gasteiger partial charge in [0.05, 0.1) is 28.0 Å². The molecule has 1 N–H and O–H groups in total. The van der Waals surface area contributed by atoms with E-state index in [0.717, 1.165) is 42.2 Å². The summed E-state index contributed by atoms with van der Waals surface area (Å²) >= 11 is 13.1. The number of carbonyl (C=O) groups excluding carboxylic acids is 1. The van der Waals surface area contributed by atoms with Crippen molar-refractivity contribution in [2.24, 2.45) is 0 Å². The largest absolute Gasteiger partial charge is 0.456 e. The molecular formula is C33H41Cl2N3O4. The number of hydrogen-bond donors (Lipinski definition) is 1. The van der Waals surface area contributed by atoms with E-state index in [4.69, 9.17) is 32.7 Å². The SMILES string of the molecule is COCCCc1ccc(N2CCN(C[C@@](C)(O)c3ccc(C(=O)OC(C)(C)C)cn3)C[C@H]2c2ccc(Cl)cc2)c(Cl)c1. The predicted octanol–water partition coefficient (Wildman–Crippen LogP) is 6.69. The summed E-state index contributed by atoms with van der Waals surface area (Å²) < 4.78 is 10.6. The lowest BCUT2D eigenvalue weighted by molar-refractivity contribution is 0.00459. The number of methoxy groups -OCH3 is 1. The second kappa shape index (κ2) is 13.7. The van der Waals surface area contributed by atoms with Crippen LogP contribution in [0.25, 0.3) is 0 Å². The van der Waals surface area contributed by atoms with Crippen LogP contribution >= 0.6 is 23.2 Å². The van der Waals surface area contributed by atoms with Gasteiger partial charge in [-0.15, -0.1) is 0 Å². The third kappa shape index (κ3) is 8.45. The van der Waals surface area contributed by atoms with E-state index in [9.17, 15) is 9.90 Å². The fourth-order valence-corrected chi connectivity index (χ4v) is 5.73. The number of aromatic nitrogens is 1. The highest BCUT2D eigenvalue weighted by molar-refractivity contribution is 6.33. The van der Waals surface area contributed by atoms with Gasteiger partial charge in [0.25, 0.3) is 0 Å². The van der Waals surface area contributed by atoms with Crippen LogP contribution in [0.15, 0.2) is 60.8 Å². The lowest BCUT2D eigenvalue weighted by Gasteiger charge is -2.45. The van der Waals surface area contributed by atoms with Crippen molar-refractivity contribution in [3.05, 3.63) is 93.2 Å². The van der Waals surface area contributed by atoms with Crippen LogP contribution in [-0.2, 0) is 21.5 Å². The molecule has 42 heavy (non-hydrogen) atoms. The van der Waals surface area contributed by atoms with Gasteiger partial charge >= 0.3 is 5.97 Å². The molecule has 1 fully saturated rings. The molecule has 0 amide bonds. The van der Waals surface area contributed by atoms with Crippen molar-refractivity contribution in [3.63, 3.8) is 0 Å². The second-order valence-electron chi connectivity index (χ2n) is 12.1. The Labute approximate surface area is 259 Å². The average molecular weight is 615 g/mol. The number of rotatable bonds is 10. The maximum Gasteiger partial charge on any atom is 0.340 e. The van der Waals surface area contributed by atoms with Crippen LogP contribution in [-0.4, -0.2) is 66.5 Å². The summed E-state index contributed by atoms with van der Waals surface area (Å²) in [6, 6.07) is 17.5. The van der Waals surface area contributed by atoms with E-state index in [-0.39, 0.29) is 6.04 Å². The number of halogens is 2. The van der Waals surface area contributed by atoms with Crippen LogP contribution in [0.5, 0.6) is 0 Å². The summed E-state index contributed by atoms with van der Waals surface area (Å²) in [5.41, 5.74) is 2.29. The van der Waals surface area contributed by atoms with Crippen molar-refractivity contribution in [1.29, 1.82) is 0 Å². The average Bonchev–Trinajstić information content (AvgIpc) is 2.93. The molecule has 2 aromatic carbocycles. The molecule has 1 aromatic heterocycles. The molecule has 4 rings (SSSR count). The summed E-state index contributed by atoms with van der Waals surface area (Å²) in [6.07, 6.45) is 3.31. The third-order valence-electron chi connectivity index (χ3n) is 7.34. The summed E-state index contributed by atoms with van der Waals surface area (Å²) in [5, 5.41) is 12.9. The van der Waals surface area contributed by atoms with Gasteiger partial charge in [0.1, 0.15) is 11.2 Å². The fraction of sp³-hybridized carbons (Fsp3) is 0.455. The van der Waals surface area contributed by atoms with Gasteiger partial charge in [0.15, 0.2) is 0 Å². The summed E-state index contributed by atoms with van der Waals surface area (Å²) in [6.45, 7) is 10.4. The Hall–Kier alpha value is -2.68.